The third-order valence-corrected chi connectivity index (χ3v) is 2.53. The molecule has 0 amide bonds. The first-order valence-electron chi connectivity index (χ1n) is 5.86. The fourth-order valence-electron chi connectivity index (χ4n) is 1.36. The van der Waals surface area contributed by atoms with Gasteiger partial charge in [0.05, 0.1) is 0 Å². The van der Waals surface area contributed by atoms with Crippen LogP contribution in [-0.2, 0) is 0 Å². The lowest BCUT2D eigenvalue weighted by Crippen LogP contribution is -2.20. The molecule has 0 aromatic heterocycles. The van der Waals surface area contributed by atoms with E-state index < -0.39 is 5.60 Å². The van der Waals surface area contributed by atoms with Crippen LogP contribution in [0, 0.1) is 12.3 Å². The van der Waals surface area contributed by atoms with Gasteiger partial charge in [0.1, 0.15) is 5.60 Å². The minimum absolute atomic E-state index is 0.628. The smallest absolute Gasteiger partial charge is 0.122 e. The first-order chi connectivity index (χ1) is 7.37. The summed E-state index contributed by atoms with van der Waals surface area (Å²) in [5, 5.41) is 9.61. The average Bonchev–Trinajstić information content (AvgIpc) is 2.17. The van der Waals surface area contributed by atoms with E-state index in [0.717, 1.165) is 19.3 Å². The van der Waals surface area contributed by atoms with Crippen molar-refractivity contribution < 1.29 is 5.11 Å². The SMILES string of the molecule is C#CC(C)(O)CC/C=C(/C)CCC=C(C)C. The van der Waals surface area contributed by atoms with Crippen LogP contribution >= 0.6 is 0 Å². The van der Waals surface area contributed by atoms with E-state index in [9.17, 15) is 5.11 Å². The predicted octanol–water partition coefficient (Wildman–Crippen LogP) is 3.84. The van der Waals surface area contributed by atoms with Crippen LogP contribution in [0.15, 0.2) is 23.3 Å². The highest BCUT2D eigenvalue weighted by Gasteiger charge is 2.14. The van der Waals surface area contributed by atoms with Gasteiger partial charge >= 0.3 is 0 Å². The van der Waals surface area contributed by atoms with Crippen molar-refractivity contribution in [1.82, 2.24) is 0 Å². The van der Waals surface area contributed by atoms with E-state index in [4.69, 9.17) is 6.42 Å². The van der Waals surface area contributed by atoms with E-state index >= 15 is 0 Å². The third kappa shape index (κ3) is 8.32. The Morgan fingerprint density at radius 2 is 1.88 bits per heavy atom. The molecular formula is C15H24O. The van der Waals surface area contributed by atoms with Crippen molar-refractivity contribution >= 4 is 0 Å². The van der Waals surface area contributed by atoms with E-state index in [1.165, 1.54) is 11.1 Å². The number of aliphatic hydroxyl groups is 1. The Morgan fingerprint density at radius 1 is 1.25 bits per heavy atom. The molecule has 90 valence electrons. The van der Waals surface area contributed by atoms with Crippen molar-refractivity contribution in [2.24, 2.45) is 0 Å². The van der Waals surface area contributed by atoms with Crippen LogP contribution in [0.1, 0.15) is 53.4 Å². The molecule has 1 unspecified atom stereocenters. The van der Waals surface area contributed by atoms with Gasteiger partial charge < -0.3 is 5.11 Å². The summed E-state index contributed by atoms with van der Waals surface area (Å²) < 4.78 is 0. The molecule has 16 heavy (non-hydrogen) atoms. The predicted molar refractivity (Wildman–Crippen MR) is 71.1 cm³/mol. The molecular weight excluding hydrogens is 196 g/mol. The second-order valence-electron chi connectivity index (χ2n) is 4.83. The normalized spacial score (nSPS) is 15.1. The number of hydrogen-bond donors (Lipinski definition) is 1. The third-order valence-electron chi connectivity index (χ3n) is 2.53. The number of allylic oxidation sites excluding steroid dienone is 4. The molecule has 1 nitrogen and oxygen atoms in total. The fraction of sp³-hybridized carbons (Fsp3) is 0.600. The van der Waals surface area contributed by atoms with Crippen molar-refractivity contribution in [3.8, 4) is 12.3 Å². The summed E-state index contributed by atoms with van der Waals surface area (Å²) in [6.07, 6.45) is 13.3. The van der Waals surface area contributed by atoms with Crippen LogP contribution in [0.3, 0.4) is 0 Å². The Bertz CT molecular complexity index is 296. The molecule has 1 N–H and O–H groups in total. The zero-order valence-electron chi connectivity index (χ0n) is 11.0. The molecule has 0 aliphatic heterocycles. The molecule has 0 saturated carbocycles. The maximum absolute atomic E-state index is 9.61. The molecule has 0 fully saturated rings. The lowest BCUT2D eigenvalue weighted by Gasteiger charge is -2.14. The molecule has 0 rings (SSSR count). The highest BCUT2D eigenvalue weighted by molar-refractivity contribution is 5.07. The maximum atomic E-state index is 9.61. The standard InChI is InChI=1S/C15H24O/c1-6-15(5,16)12-8-11-14(4)10-7-9-13(2)3/h1,9,11,16H,7-8,10,12H2,2-5H3/b14-11-. The zero-order chi connectivity index (χ0) is 12.6. The summed E-state index contributed by atoms with van der Waals surface area (Å²) in [4.78, 5) is 0. The first-order valence-corrected chi connectivity index (χ1v) is 5.86. The second kappa shape index (κ2) is 7.30. The molecule has 0 heterocycles. The van der Waals surface area contributed by atoms with Crippen LogP contribution in [-0.4, -0.2) is 10.7 Å². The minimum Gasteiger partial charge on any atom is -0.378 e. The van der Waals surface area contributed by atoms with Crippen LogP contribution in [0.25, 0.3) is 0 Å². The second-order valence-corrected chi connectivity index (χ2v) is 4.83. The summed E-state index contributed by atoms with van der Waals surface area (Å²) in [5.74, 6) is 2.39. The van der Waals surface area contributed by atoms with Gasteiger partial charge in [-0.05, 0) is 53.4 Å². The van der Waals surface area contributed by atoms with Crippen molar-refractivity contribution in [1.29, 1.82) is 0 Å². The van der Waals surface area contributed by atoms with E-state index in [-0.39, 0.29) is 0 Å². The molecule has 0 radical (unpaired) electrons. The quantitative estimate of drug-likeness (QED) is 0.532. The summed E-state index contributed by atoms with van der Waals surface area (Å²) >= 11 is 0. The molecule has 1 heteroatoms. The van der Waals surface area contributed by atoms with Crippen molar-refractivity contribution in [2.75, 3.05) is 0 Å². The lowest BCUT2D eigenvalue weighted by molar-refractivity contribution is 0.113. The average molecular weight is 220 g/mol. The molecule has 0 aromatic rings. The van der Waals surface area contributed by atoms with Gasteiger partial charge in [-0.1, -0.05) is 29.2 Å². The highest BCUT2D eigenvalue weighted by Crippen LogP contribution is 2.14. The summed E-state index contributed by atoms with van der Waals surface area (Å²) in [6, 6.07) is 0. The van der Waals surface area contributed by atoms with Crippen molar-refractivity contribution in [2.45, 2.75) is 59.0 Å². The Kier molecular flexibility index (Phi) is 6.85. The largest absolute Gasteiger partial charge is 0.378 e. The van der Waals surface area contributed by atoms with Gasteiger partial charge in [-0.25, -0.2) is 0 Å². The van der Waals surface area contributed by atoms with Crippen molar-refractivity contribution in [3.05, 3.63) is 23.3 Å². The van der Waals surface area contributed by atoms with E-state index in [0.29, 0.717) is 6.42 Å². The monoisotopic (exact) mass is 220 g/mol. The highest BCUT2D eigenvalue weighted by atomic mass is 16.3. The molecule has 0 spiro atoms. The van der Waals surface area contributed by atoms with Crippen LogP contribution in [0.2, 0.25) is 0 Å². The Labute approximate surface area is 100 Å². The molecule has 0 bridgehead atoms. The van der Waals surface area contributed by atoms with Gasteiger partial charge in [-0.3, -0.25) is 0 Å². The van der Waals surface area contributed by atoms with Gasteiger partial charge in [-0.15, -0.1) is 6.42 Å². The Balaban J connectivity index is 3.89. The summed E-state index contributed by atoms with van der Waals surface area (Å²) in [5.41, 5.74) is 1.77. The van der Waals surface area contributed by atoms with Crippen molar-refractivity contribution in [3.63, 3.8) is 0 Å². The van der Waals surface area contributed by atoms with Crippen LogP contribution < -0.4 is 0 Å². The fourth-order valence-corrected chi connectivity index (χ4v) is 1.36. The van der Waals surface area contributed by atoms with Gasteiger partial charge in [0.2, 0.25) is 0 Å². The minimum atomic E-state index is -0.962. The van der Waals surface area contributed by atoms with E-state index in [2.05, 4.69) is 38.8 Å². The Morgan fingerprint density at radius 3 is 2.38 bits per heavy atom. The Hall–Kier alpha value is -1.00. The van der Waals surface area contributed by atoms with Crippen LogP contribution in [0.4, 0.5) is 0 Å². The molecule has 0 saturated heterocycles. The molecule has 0 aliphatic rings. The van der Waals surface area contributed by atoms with Gasteiger partial charge in [0.25, 0.3) is 0 Å². The number of hydrogen-bond acceptors (Lipinski definition) is 1. The summed E-state index contributed by atoms with van der Waals surface area (Å²) in [7, 11) is 0. The number of terminal acetylenes is 1. The lowest BCUT2D eigenvalue weighted by atomic mass is 10.00. The zero-order valence-corrected chi connectivity index (χ0v) is 11.0. The molecule has 0 aromatic carbocycles. The number of rotatable bonds is 6. The van der Waals surface area contributed by atoms with Gasteiger partial charge in [-0.2, -0.15) is 0 Å². The first kappa shape index (κ1) is 15.0. The molecule has 1 atom stereocenters. The van der Waals surface area contributed by atoms with E-state index in [1.807, 2.05) is 0 Å². The topological polar surface area (TPSA) is 20.2 Å². The summed E-state index contributed by atoms with van der Waals surface area (Å²) in [6.45, 7) is 8.04. The van der Waals surface area contributed by atoms with Gasteiger partial charge in [0, 0.05) is 0 Å². The van der Waals surface area contributed by atoms with E-state index in [1.54, 1.807) is 6.92 Å². The van der Waals surface area contributed by atoms with Gasteiger partial charge in [0.15, 0.2) is 0 Å². The maximum Gasteiger partial charge on any atom is 0.122 e. The molecule has 0 aliphatic carbocycles. The van der Waals surface area contributed by atoms with Crippen LogP contribution in [0.5, 0.6) is 0 Å².